The third kappa shape index (κ3) is 3.60. The van der Waals surface area contributed by atoms with E-state index in [4.69, 9.17) is 0 Å². The monoisotopic (exact) mass is 363 g/mol. The van der Waals surface area contributed by atoms with E-state index in [2.05, 4.69) is 9.98 Å². The van der Waals surface area contributed by atoms with Crippen molar-refractivity contribution in [2.75, 3.05) is 0 Å². The molecule has 0 aliphatic carbocycles. The molecule has 2 aromatic carbocycles. The van der Waals surface area contributed by atoms with Crippen molar-refractivity contribution in [2.24, 2.45) is 4.99 Å². The average molecular weight is 363 g/mol. The van der Waals surface area contributed by atoms with Crippen molar-refractivity contribution in [2.45, 2.75) is 27.2 Å². The number of rotatable bonds is 4. The summed E-state index contributed by atoms with van der Waals surface area (Å²) >= 11 is 0. The molecule has 0 radical (unpaired) electrons. The lowest BCUT2D eigenvalue weighted by Crippen LogP contribution is -2.31. The summed E-state index contributed by atoms with van der Waals surface area (Å²) in [6, 6.07) is 13.0. The highest BCUT2D eigenvalue weighted by atomic mass is 16.3. The Kier molecular flexibility index (Phi) is 5.07. The lowest BCUT2D eigenvalue weighted by molar-refractivity contribution is 0.429. The molecule has 0 atom stereocenters. The van der Waals surface area contributed by atoms with Crippen LogP contribution in [0.15, 0.2) is 57.0 Å². The van der Waals surface area contributed by atoms with Crippen LogP contribution in [0, 0.1) is 13.8 Å². The van der Waals surface area contributed by atoms with Crippen LogP contribution in [-0.2, 0) is 6.42 Å². The van der Waals surface area contributed by atoms with Gasteiger partial charge in [0.2, 0.25) is 5.88 Å². The summed E-state index contributed by atoms with van der Waals surface area (Å²) in [5, 5.41) is 10.7. The van der Waals surface area contributed by atoms with E-state index in [1.165, 1.54) is 6.21 Å². The maximum atomic E-state index is 12.4. The maximum absolute atomic E-state index is 12.4. The van der Waals surface area contributed by atoms with Crippen LogP contribution in [0.2, 0.25) is 0 Å². The van der Waals surface area contributed by atoms with Gasteiger partial charge in [-0.15, -0.1) is 0 Å². The van der Waals surface area contributed by atoms with E-state index in [-0.39, 0.29) is 5.56 Å². The van der Waals surface area contributed by atoms with Crippen LogP contribution in [0.3, 0.4) is 0 Å². The first kappa shape index (κ1) is 18.4. The van der Waals surface area contributed by atoms with Crippen LogP contribution in [0.4, 0.5) is 5.69 Å². The van der Waals surface area contributed by atoms with Crippen molar-refractivity contribution in [3.8, 4) is 11.6 Å². The number of H-pyrrole nitrogens is 1. The molecule has 0 unspecified atom stereocenters. The molecule has 3 aromatic rings. The molecule has 1 heterocycles. The van der Waals surface area contributed by atoms with Crippen molar-refractivity contribution in [3.05, 3.63) is 85.6 Å². The predicted molar refractivity (Wildman–Crippen MR) is 107 cm³/mol. The fourth-order valence-electron chi connectivity index (χ4n) is 2.99. The molecule has 0 fully saturated rings. The number of benzene rings is 2. The van der Waals surface area contributed by atoms with Crippen molar-refractivity contribution in [1.82, 2.24) is 9.55 Å². The predicted octanol–water partition coefficient (Wildman–Crippen LogP) is 3.16. The van der Waals surface area contributed by atoms with E-state index in [1.54, 1.807) is 12.1 Å². The zero-order valence-electron chi connectivity index (χ0n) is 15.5. The van der Waals surface area contributed by atoms with Gasteiger partial charge in [0.05, 0.1) is 11.4 Å². The summed E-state index contributed by atoms with van der Waals surface area (Å²) < 4.78 is 1.10. The lowest BCUT2D eigenvalue weighted by Gasteiger charge is -2.13. The smallest absolute Gasteiger partial charge is 0.335 e. The van der Waals surface area contributed by atoms with Crippen molar-refractivity contribution >= 4 is 11.9 Å². The molecule has 6 nitrogen and oxygen atoms in total. The molecule has 138 valence electrons. The minimum atomic E-state index is -0.693. The molecule has 0 saturated carbocycles. The first-order chi connectivity index (χ1) is 12.9. The van der Waals surface area contributed by atoms with Gasteiger partial charge in [0, 0.05) is 6.21 Å². The molecule has 27 heavy (non-hydrogen) atoms. The molecular formula is C21H21N3O3. The van der Waals surface area contributed by atoms with Gasteiger partial charge < -0.3 is 5.11 Å². The Hall–Kier alpha value is -3.41. The third-order valence-corrected chi connectivity index (χ3v) is 4.42. The quantitative estimate of drug-likeness (QED) is 0.698. The summed E-state index contributed by atoms with van der Waals surface area (Å²) in [6.45, 7) is 5.86. The van der Waals surface area contributed by atoms with Gasteiger partial charge in [-0.3, -0.25) is 14.8 Å². The number of aromatic hydroxyl groups is 1. The Morgan fingerprint density at radius 2 is 1.89 bits per heavy atom. The summed E-state index contributed by atoms with van der Waals surface area (Å²) in [5.41, 5.74) is 2.70. The Balaban J connectivity index is 2.16. The SMILES string of the molecule is CCc1ccccc1-n1c(O)c(C=Nc2ccc(C)cc2C)c(=O)[nH]c1=O. The highest BCUT2D eigenvalue weighted by molar-refractivity contribution is 5.84. The summed E-state index contributed by atoms with van der Waals surface area (Å²) in [5.74, 6) is -0.432. The number of hydrogen-bond acceptors (Lipinski definition) is 4. The highest BCUT2D eigenvalue weighted by Gasteiger charge is 2.16. The molecule has 2 N–H and O–H groups in total. The minimum absolute atomic E-state index is 0.0690. The molecule has 0 amide bonds. The zero-order chi connectivity index (χ0) is 19.6. The van der Waals surface area contributed by atoms with Gasteiger partial charge >= 0.3 is 5.69 Å². The van der Waals surface area contributed by atoms with Gasteiger partial charge in [0.25, 0.3) is 5.56 Å². The fourth-order valence-corrected chi connectivity index (χ4v) is 2.99. The van der Waals surface area contributed by atoms with Gasteiger partial charge in [0.15, 0.2) is 0 Å². The van der Waals surface area contributed by atoms with Crippen molar-refractivity contribution in [1.29, 1.82) is 0 Å². The molecule has 6 heteroatoms. The fraction of sp³-hybridized carbons (Fsp3) is 0.190. The average Bonchev–Trinajstić information content (AvgIpc) is 2.63. The van der Waals surface area contributed by atoms with E-state index in [1.807, 2.05) is 51.1 Å². The Morgan fingerprint density at radius 3 is 2.59 bits per heavy atom. The third-order valence-electron chi connectivity index (χ3n) is 4.42. The van der Waals surface area contributed by atoms with Crippen LogP contribution < -0.4 is 11.2 Å². The molecule has 0 saturated heterocycles. The first-order valence-corrected chi connectivity index (χ1v) is 8.70. The lowest BCUT2D eigenvalue weighted by atomic mass is 10.1. The highest BCUT2D eigenvalue weighted by Crippen LogP contribution is 2.22. The molecule has 0 aliphatic rings. The van der Waals surface area contributed by atoms with Crippen molar-refractivity contribution in [3.63, 3.8) is 0 Å². The Morgan fingerprint density at radius 1 is 1.15 bits per heavy atom. The van der Waals surface area contributed by atoms with Crippen molar-refractivity contribution < 1.29 is 5.11 Å². The number of aryl methyl sites for hydroxylation is 3. The van der Waals surface area contributed by atoms with Gasteiger partial charge in [-0.1, -0.05) is 42.8 Å². The van der Waals surface area contributed by atoms with Crippen LogP contribution >= 0.6 is 0 Å². The van der Waals surface area contributed by atoms with Gasteiger partial charge in [-0.25, -0.2) is 9.36 Å². The van der Waals surface area contributed by atoms with E-state index in [9.17, 15) is 14.7 Å². The maximum Gasteiger partial charge on any atom is 0.335 e. The molecular weight excluding hydrogens is 342 g/mol. The molecule has 0 aliphatic heterocycles. The molecule has 0 spiro atoms. The van der Waals surface area contributed by atoms with E-state index in [0.29, 0.717) is 17.8 Å². The summed E-state index contributed by atoms with van der Waals surface area (Å²) in [6.07, 6.45) is 1.96. The number of nitrogens with one attached hydrogen (secondary N) is 1. The number of hydrogen-bond donors (Lipinski definition) is 2. The molecule has 3 rings (SSSR count). The van der Waals surface area contributed by atoms with Gasteiger partial charge in [-0.2, -0.15) is 0 Å². The van der Waals surface area contributed by atoms with E-state index >= 15 is 0 Å². The standard InChI is InChI=1S/C21H21N3O3/c1-4-15-7-5-6-8-18(15)24-20(26)16(19(25)23-21(24)27)12-22-17-10-9-13(2)11-14(17)3/h5-12,26H,4H2,1-3H3,(H,23,25,27). The number of nitrogens with zero attached hydrogens (tertiary/aromatic N) is 2. The first-order valence-electron chi connectivity index (χ1n) is 8.70. The topological polar surface area (TPSA) is 87.4 Å². The normalized spacial score (nSPS) is 11.2. The van der Waals surface area contributed by atoms with Gasteiger partial charge in [-0.05, 0) is 43.5 Å². The van der Waals surface area contributed by atoms with Crippen LogP contribution in [0.25, 0.3) is 5.69 Å². The minimum Gasteiger partial charge on any atom is -0.493 e. The summed E-state index contributed by atoms with van der Waals surface area (Å²) in [7, 11) is 0. The summed E-state index contributed by atoms with van der Waals surface area (Å²) in [4.78, 5) is 31.2. The molecule has 0 bridgehead atoms. The molecule has 1 aromatic heterocycles. The largest absolute Gasteiger partial charge is 0.493 e. The number of aromatic nitrogens is 2. The Labute approximate surface area is 156 Å². The van der Waals surface area contributed by atoms with Crippen LogP contribution in [-0.4, -0.2) is 20.9 Å². The number of para-hydroxylation sites is 1. The van der Waals surface area contributed by atoms with Crippen LogP contribution in [0.5, 0.6) is 5.88 Å². The zero-order valence-corrected chi connectivity index (χ0v) is 15.5. The van der Waals surface area contributed by atoms with Crippen LogP contribution in [0.1, 0.15) is 29.2 Å². The van der Waals surface area contributed by atoms with Gasteiger partial charge in [0.1, 0.15) is 5.56 Å². The second kappa shape index (κ2) is 7.45. The number of aromatic amines is 1. The van der Waals surface area contributed by atoms with E-state index < -0.39 is 17.1 Å². The van der Waals surface area contributed by atoms with E-state index in [0.717, 1.165) is 21.3 Å². The Bertz CT molecular complexity index is 1140. The number of aliphatic imine (C=N–C) groups is 1. The second-order valence-corrected chi connectivity index (χ2v) is 6.36. The second-order valence-electron chi connectivity index (χ2n) is 6.36.